The molecule has 170 valence electrons. The van der Waals surface area contributed by atoms with E-state index in [9.17, 15) is 9.59 Å². The average molecular weight is 436 g/mol. The van der Waals surface area contributed by atoms with Crippen LogP contribution in [0.1, 0.15) is 22.3 Å². The SMILES string of the molecule is CN1CCN(C2CCN(C(=O)Nc3ccc(C(=O)NCCc4ccccc4)cc3)C2)CC1. The summed E-state index contributed by atoms with van der Waals surface area (Å²) in [5.41, 5.74) is 2.49. The van der Waals surface area contributed by atoms with E-state index in [0.717, 1.165) is 52.1 Å². The lowest BCUT2D eigenvalue weighted by Crippen LogP contribution is -2.50. The van der Waals surface area contributed by atoms with Crippen molar-refractivity contribution >= 4 is 17.6 Å². The molecule has 3 amide bonds. The van der Waals surface area contributed by atoms with Crippen molar-refractivity contribution in [1.29, 1.82) is 0 Å². The third kappa shape index (κ3) is 5.87. The van der Waals surface area contributed by atoms with E-state index in [4.69, 9.17) is 0 Å². The van der Waals surface area contributed by atoms with Gasteiger partial charge in [-0.1, -0.05) is 30.3 Å². The lowest BCUT2D eigenvalue weighted by atomic mass is 10.1. The number of hydrogen-bond donors (Lipinski definition) is 2. The molecular weight excluding hydrogens is 402 g/mol. The molecule has 0 aliphatic carbocycles. The van der Waals surface area contributed by atoms with Gasteiger partial charge in [0.05, 0.1) is 0 Å². The van der Waals surface area contributed by atoms with Gasteiger partial charge in [0.25, 0.3) is 5.91 Å². The molecule has 0 bridgehead atoms. The van der Waals surface area contributed by atoms with Crippen LogP contribution >= 0.6 is 0 Å². The molecule has 0 saturated carbocycles. The highest BCUT2D eigenvalue weighted by Crippen LogP contribution is 2.19. The predicted octanol–water partition coefficient (Wildman–Crippen LogP) is 2.51. The molecule has 2 aromatic rings. The second-order valence-corrected chi connectivity index (χ2v) is 8.73. The van der Waals surface area contributed by atoms with Crippen molar-refractivity contribution < 1.29 is 9.59 Å². The lowest BCUT2D eigenvalue weighted by molar-refractivity contribution is 0.0954. The molecule has 0 aromatic heterocycles. The molecule has 32 heavy (non-hydrogen) atoms. The van der Waals surface area contributed by atoms with Crippen LogP contribution in [0.2, 0.25) is 0 Å². The topological polar surface area (TPSA) is 67.9 Å². The summed E-state index contributed by atoms with van der Waals surface area (Å²) in [4.78, 5) is 31.8. The van der Waals surface area contributed by atoms with Gasteiger partial charge in [-0.2, -0.15) is 0 Å². The quantitative estimate of drug-likeness (QED) is 0.732. The third-order valence-corrected chi connectivity index (χ3v) is 6.45. The maximum absolute atomic E-state index is 12.7. The first-order chi connectivity index (χ1) is 15.6. The summed E-state index contributed by atoms with van der Waals surface area (Å²) < 4.78 is 0. The number of hydrogen-bond acceptors (Lipinski definition) is 4. The molecular formula is C25H33N5O2. The second-order valence-electron chi connectivity index (χ2n) is 8.73. The highest BCUT2D eigenvalue weighted by Gasteiger charge is 2.31. The summed E-state index contributed by atoms with van der Waals surface area (Å²) in [5, 5.41) is 5.92. The van der Waals surface area contributed by atoms with E-state index >= 15 is 0 Å². The Morgan fingerprint density at radius 1 is 0.938 bits per heavy atom. The fraction of sp³-hybridized carbons (Fsp3) is 0.440. The molecule has 4 rings (SSSR count). The number of nitrogens with zero attached hydrogens (tertiary/aromatic N) is 3. The zero-order valence-corrected chi connectivity index (χ0v) is 18.8. The number of likely N-dealkylation sites (N-methyl/N-ethyl adjacent to an activating group) is 1. The van der Waals surface area contributed by atoms with Crippen molar-refractivity contribution in [1.82, 2.24) is 20.0 Å². The van der Waals surface area contributed by atoms with Crippen molar-refractivity contribution in [3.05, 3.63) is 65.7 Å². The first kappa shape index (κ1) is 22.3. The Labute approximate surface area is 190 Å². The van der Waals surface area contributed by atoms with Crippen LogP contribution in [0.5, 0.6) is 0 Å². The molecule has 7 nitrogen and oxygen atoms in total. The molecule has 2 N–H and O–H groups in total. The predicted molar refractivity (Wildman–Crippen MR) is 127 cm³/mol. The Hall–Kier alpha value is -2.90. The van der Waals surface area contributed by atoms with E-state index < -0.39 is 0 Å². The number of piperazine rings is 1. The van der Waals surface area contributed by atoms with Gasteiger partial charge in [0.2, 0.25) is 0 Å². The number of carbonyl (C=O) groups excluding carboxylic acids is 2. The number of amides is 3. The van der Waals surface area contributed by atoms with Crippen molar-refractivity contribution in [2.75, 3.05) is 58.2 Å². The molecule has 2 fully saturated rings. The molecule has 1 atom stereocenters. The Bertz CT molecular complexity index is 894. The van der Waals surface area contributed by atoms with Gasteiger partial charge in [0.15, 0.2) is 0 Å². The summed E-state index contributed by atoms with van der Waals surface area (Å²) in [6.45, 7) is 6.48. The van der Waals surface area contributed by atoms with Crippen LogP contribution in [0.3, 0.4) is 0 Å². The molecule has 0 radical (unpaired) electrons. The number of carbonyl (C=O) groups is 2. The van der Waals surface area contributed by atoms with Crippen LogP contribution in [0.15, 0.2) is 54.6 Å². The zero-order chi connectivity index (χ0) is 22.3. The number of anilines is 1. The van der Waals surface area contributed by atoms with Crippen LogP contribution in [-0.4, -0.2) is 85.5 Å². The minimum atomic E-state index is -0.103. The van der Waals surface area contributed by atoms with Gasteiger partial charge in [-0.25, -0.2) is 4.79 Å². The summed E-state index contributed by atoms with van der Waals surface area (Å²) in [5.74, 6) is -0.103. The fourth-order valence-corrected chi connectivity index (χ4v) is 4.39. The number of likely N-dealkylation sites (tertiary alicyclic amines) is 1. The molecule has 2 aliphatic heterocycles. The molecule has 2 heterocycles. The minimum absolute atomic E-state index is 0.0679. The van der Waals surface area contributed by atoms with Crippen molar-refractivity contribution in [2.45, 2.75) is 18.9 Å². The first-order valence-corrected chi connectivity index (χ1v) is 11.5. The van der Waals surface area contributed by atoms with Gasteiger partial charge >= 0.3 is 6.03 Å². The van der Waals surface area contributed by atoms with Gasteiger partial charge in [-0.3, -0.25) is 9.69 Å². The van der Waals surface area contributed by atoms with Gasteiger partial charge in [-0.05, 0) is 49.7 Å². The van der Waals surface area contributed by atoms with Crippen molar-refractivity contribution in [2.24, 2.45) is 0 Å². The summed E-state index contributed by atoms with van der Waals surface area (Å²) >= 11 is 0. The first-order valence-electron chi connectivity index (χ1n) is 11.5. The van der Waals surface area contributed by atoms with E-state index in [0.29, 0.717) is 23.8 Å². The Balaban J connectivity index is 1.22. The largest absolute Gasteiger partial charge is 0.352 e. The van der Waals surface area contributed by atoms with E-state index in [1.165, 1.54) is 5.56 Å². The third-order valence-electron chi connectivity index (χ3n) is 6.45. The van der Waals surface area contributed by atoms with Crippen LogP contribution in [0.25, 0.3) is 0 Å². The smallest absolute Gasteiger partial charge is 0.321 e. The second kappa shape index (κ2) is 10.6. The summed E-state index contributed by atoms with van der Waals surface area (Å²) in [7, 11) is 2.16. The molecule has 1 unspecified atom stereocenters. The molecule has 0 spiro atoms. The van der Waals surface area contributed by atoms with E-state index in [1.807, 2.05) is 23.1 Å². The Morgan fingerprint density at radius 3 is 2.38 bits per heavy atom. The van der Waals surface area contributed by atoms with E-state index in [-0.39, 0.29) is 11.9 Å². The summed E-state index contributed by atoms with van der Waals surface area (Å²) in [6, 6.07) is 17.6. The number of rotatable bonds is 6. The van der Waals surface area contributed by atoms with Gasteiger partial charge < -0.3 is 20.4 Å². The van der Waals surface area contributed by atoms with E-state index in [2.05, 4.69) is 39.6 Å². The van der Waals surface area contributed by atoms with Crippen molar-refractivity contribution in [3.63, 3.8) is 0 Å². The normalized spacial score (nSPS) is 19.7. The zero-order valence-electron chi connectivity index (χ0n) is 18.8. The average Bonchev–Trinajstić information content (AvgIpc) is 3.31. The monoisotopic (exact) mass is 435 g/mol. The molecule has 2 saturated heterocycles. The number of benzene rings is 2. The fourth-order valence-electron chi connectivity index (χ4n) is 4.39. The number of nitrogens with one attached hydrogen (secondary N) is 2. The highest BCUT2D eigenvalue weighted by atomic mass is 16.2. The maximum atomic E-state index is 12.7. The Morgan fingerprint density at radius 2 is 1.66 bits per heavy atom. The van der Waals surface area contributed by atoms with Gasteiger partial charge in [0, 0.05) is 63.1 Å². The maximum Gasteiger partial charge on any atom is 0.321 e. The Kier molecular flexibility index (Phi) is 7.39. The van der Waals surface area contributed by atoms with Crippen LogP contribution in [0, 0.1) is 0 Å². The van der Waals surface area contributed by atoms with Crippen LogP contribution < -0.4 is 10.6 Å². The minimum Gasteiger partial charge on any atom is -0.352 e. The molecule has 7 heteroatoms. The van der Waals surface area contributed by atoms with Crippen molar-refractivity contribution in [3.8, 4) is 0 Å². The number of urea groups is 1. The van der Waals surface area contributed by atoms with Crippen LogP contribution in [0.4, 0.5) is 10.5 Å². The lowest BCUT2D eigenvalue weighted by Gasteiger charge is -2.36. The van der Waals surface area contributed by atoms with Gasteiger partial charge in [0.1, 0.15) is 0 Å². The van der Waals surface area contributed by atoms with Gasteiger partial charge in [-0.15, -0.1) is 0 Å². The highest BCUT2D eigenvalue weighted by molar-refractivity contribution is 5.95. The van der Waals surface area contributed by atoms with Crippen LogP contribution in [-0.2, 0) is 6.42 Å². The summed E-state index contributed by atoms with van der Waals surface area (Å²) in [6.07, 6.45) is 1.82. The standard InChI is InChI=1S/C25H33N5O2/c1-28-15-17-29(18-16-28)23-12-14-30(19-23)25(32)27-22-9-7-21(8-10-22)24(31)26-13-11-20-5-3-2-4-6-20/h2-10,23H,11-19H2,1H3,(H,26,31)(H,27,32). The molecule has 2 aromatic carbocycles. The van der Waals surface area contributed by atoms with E-state index in [1.54, 1.807) is 24.3 Å². The molecule has 2 aliphatic rings.